The second kappa shape index (κ2) is 6.63. The van der Waals surface area contributed by atoms with E-state index in [1.165, 1.54) is 11.1 Å². The number of nitrogens with one attached hydrogen (secondary N) is 1. The van der Waals surface area contributed by atoms with Gasteiger partial charge in [-0.15, -0.1) is 0 Å². The molecular formula is C14H21F3N2O. The molecular weight excluding hydrogens is 269 g/mol. The molecule has 1 aliphatic rings. The van der Waals surface area contributed by atoms with Crippen LogP contribution < -0.4 is 5.32 Å². The quantitative estimate of drug-likeness (QED) is 0.815. The fourth-order valence-electron chi connectivity index (χ4n) is 2.69. The average Bonchev–Trinajstić information content (AvgIpc) is 2.78. The van der Waals surface area contributed by atoms with Gasteiger partial charge in [0.05, 0.1) is 6.61 Å². The Morgan fingerprint density at radius 2 is 2.20 bits per heavy atom. The molecule has 3 nitrogen and oxygen atoms in total. The number of hydrogen-bond acceptors (Lipinski definition) is 2. The lowest BCUT2D eigenvalue weighted by Crippen LogP contribution is -2.23. The Bertz CT molecular complexity index is 429. The first-order valence-electron chi connectivity index (χ1n) is 7.06. The van der Waals surface area contributed by atoms with E-state index in [9.17, 15) is 13.2 Å². The maximum atomic E-state index is 12.0. The van der Waals surface area contributed by atoms with E-state index < -0.39 is 12.8 Å². The van der Waals surface area contributed by atoms with E-state index in [-0.39, 0.29) is 6.61 Å². The number of hydrogen-bond donors (Lipinski definition) is 1. The van der Waals surface area contributed by atoms with E-state index in [0.29, 0.717) is 12.6 Å². The van der Waals surface area contributed by atoms with Crippen LogP contribution in [-0.2, 0) is 17.7 Å². The first-order chi connectivity index (χ1) is 9.49. The topological polar surface area (TPSA) is 26.2 Å². The molecule has 0 saturated heterocycles. The molecule has 0 aromatic carbocycles. The number of halogens is 3. The van der Waals surface area contributed by atoms with E-state index in [0.717, 1.165) is 25.8 Å². The molecule has 0 bridgehead atoms. The van der Waals surface area contributed by atoms with Crippen molar-refractivity contribution in [3.63, 3.8) is 0 Å². The molecule has 0 spiro atoms. The Labute approximate surface area is 117 Å². The van der Waals surface area contributed by atoms with Gasteiger partial charge in [0.25, 0.3) is 0 Å². The molecule has 6 heteroatoms. The number of fused-ring (bicyclic) bond motifs is 1. The monoisotopic (exact) mass is 290 g/mol. The zero-order valence-electron chi connectivity index (χ0n) is 11.7. The Balaban J connectivity index is 1.88. The highest BCUT2D eigenvalue weighted by Crippen LogP contribution is 2.30. The summed E-state index contributed by atoms with van der Waals surface area (Å²) in [6.07, 6.45) is 3.16. The third-order valence-corrected chi connectivity index (χ3v) is 3.52. The summed E-state index contributed by atoms with van der Waals surface area (Å²) < 4.78 is 42.5. The first kappa shape index (κ1) is 15.4. The second-order valence-corrected chi connectivity index (χ2v) is 5.15. The third-order valence-electron chi connectivity index (χ3n) is 3.52. The summed E-state index contributed by atoms with van der Waals surface area (Å²) in [4.78, 5) is 0. The van der Waals surface area contributed by atoms with Gasteiger partial charge in [-0.1, -0.05) is 6.92 Å². The molecule has 0 aliphatic heterocycles. The minimum atomic E-state index is -4.24. The van der Waals surface area contributed by atoms with Gasteiger partial charge in [0.2, 0.25) is 0 Å². The van der Waals surface area contributed by atoms with Crippen molar-refractivity contribution in [3.8, 4) is 0 Å². The van der Waals surface area contributed by atoms with Gasteiger partial charge in [0.1, 0.15) is 6.61 Å². The van der Waals surface area contributed by atoms with Crippen LogP contribution >= 0.6 is 0 Å². The highest BCUT2D eigenvalue weighted by atomic mass is 19.4. The van der Waals surface area contributed by atoms with Gasteiger partial charge in [-0.2, -0.15) is 13.2 Å². The summed E-state index contributed by atoms with van der Waals surface area (Å²) in [6.45, 7) is 2.37. The van der Waals surface area contributed by atoms with Gasteiger partial charge in [-0.05, 0) is 36.9 Å². The molecule has 2 rings (SSSR count). The number of nitrogens with zero attached hydrogens (tertiary/aromatic N) is 1. The third kappa shape index (κ3) is 4.24. The van der Waals surface area contributed by atoms with E-state index in [4.69, 9.17) is 0 Å². The standard InChI is InChI=1S/C14H21F3N2O/c1-2-18-13-5-3-4-11-8-19(9-12(11)13)6-7-20-10-14(15,16)17/h8-9,13,18H,2-7,10H2,1H3. The normalized spacial score (nSPS) is 19.1. The van der Waals surface area contributed by atoms with Crippen molar-refractivity contribution >= 4 is 0 Å². The van der Waals surface area contributed by atoms with Gasteiger partial charge < -0.3 is 14.6 Å². The van der Waals surface area contributed by atoms with Crippen LogP contribution in [0.1, 0.15) is 36.9 Å². The number of rotatable bonds is 6. The van der Waals surface area contributed by atoms with Crippen LogP contribution in [0.2, 0.25) is 0 Å². The van der Waals surface area contributed by atoms with Crippen molar-refractivity contribution in [2.75, 3.05) is 19.8 Å². The summed E-state index contributed by atoms with van der Waals surface area (Å²) in [5.41, 5.74) is 2.59. The van der Waals surface area contributed by atoms with E-state index in [1.54, 1.807) is 0 Å². The summed E-state index contributed by atoms with van der Waals surface area (Å²) in [5.74, 6) is 0. The molecule has 1 unspecified atom stereocenters. The number of aromatic nitrogens is 1. The molecule has 1 aliphatic carbocycles. The molecule has 1 aromatic rings. The lowest BCUT2D eigenvalue weighted by atomic mass is 9.91. The molecule has 20 heavy (non-hydrogen) atoms. The van der Waals surface area contributed by atoms with Gasteiger partial charge in [0, 0.05) is 25.0 Å². The minimum Gasteiger partial charge on any atom is -0.370 e. The maximum Gasteiger partial charge on any atom is 0.411 e. The molecule has 1 atom stereocenters. The molecule has 0 saturated carbocycles. The first-order valence-corrected chi connectivity index (χ1v) is 7.06. The highest BCUT2D eigenvalue weighted by Gasteiger charge is 2.27. The fraction of sp³-hybridized carbons (Fsp3) is 0.714. The average molecular weight is 290 g/mol. The van der Waals surface area contributed by atoms with E-state index in [1.807, 2.05) is 17.0 Å². The van der Waals surface area contributed by atoms with E-state index >= 15 is 0 Å². The van der Waals surface area contributed by atoms with Gasteiger partial charge in [-0.25, -0.2) is 0 Å². The molecule has 0 radical (unpaired) electrons. The van der Waals surface area contributed by atoms with Crippen LogP contribution in [0.3, 0.4) is 0 Å². The Morgan fingerprint density at radius 3 is 2.90 bits per heavy atom. The van der Waals surface area contributed by atoms with Gasteiger partial charge in [0.15, 0.2) is 0 Å². The van der Waals surface area contributed by atoms with Crippen LogP contribution in [0, 0.1) is 0 Å². The maximum absolute atomic E-state index is 12.0. The zero-order valence-corrected chi connectivity index (χ0v) is 11.7. The summed E-state index contributed by atoms with van der Waals surface area (Å²) in [6, 6.07) is 0.376. The molecule has 1 heterocycles. The second-order valence-electron chi connectivity index (χ2n) is 5.15. The van der Waals surface area contributed by atoms with Crippen molar-refractivity contribution in [2.24, 2.45) is 0 Å². The molecule has 0 amide bonds. The van der Waals surface area contributed by atoms with Crippen LogP contribution in [0.15, 0.2) is 12.4 Å². The molecule has 114 valence electrons. The van der Waals surface area contributed by atoms with Crippen molar-refractivity contribution in [1.29, 1.82) is 0 Å². The molecule has 1 N–H and O–H groups in total. The number of alkyl halides is 3. The smallest absolute Gasteiger partial charge is 0.370 e. The number of ether oxygens (including phenoxy) is 1. The van der Waals surface area contributed by atoms with Crippen LogP contribution in [0.4, 0.5) is 13.2 Å². The van der Waals surface area contributed by atoms with Crippen molar-refractivity contribution in [1.82, 2.24) is 9.88 Å². The fourth-order valence-corrected chi connectivity index (χ4v) is 2.69. The van der Waals surface area contributed by atoms with Gasteiger partial charge in [-0.3, -0.25) is 0 Å². The predicted molar refractivity (Wildman–Crippen MR) is 70.7 cm³/mol. The number of aryl methyl sites for hydroxylation is 1. The molecule has 1 aromatic heterocycles. The largest absolute Gasteiger partial charge is 0.411 e. The predicted octanol–water partition coefficient (Wildman–Crippen LogP) is 3.05. The molecule has 0 fully saturated rings. The SMILES string of the molecule is CCNC1CCCc2cn(CCOCC(F)(F)F)cc21. The van der Waals surface area contributed by atoms with Crippen molar-refractivity contribution in [3.05, 3.63) is 23.5 Å². The van der Waals surface area contributed by atoms with Crippen LogP contribution in [0.25, 0.3) is 0 Å². The summed E-state index contributed by atoms with van der Waals surface area (Å²) >= 11 is 0. The minimum absolute atomic E-state index is 0.0823. The Morgan fingerprint density at radius 1 is 1.40 bits per heavy atom. The van der Waals surface area contributed by atoms with Crippen molar-refractivity contribution in [2.45, 2.75) is 44.9 Å². The Kier molecular flexibility index (Phi) is 5.10. The van der Waals surface area contributed by atoms with E-state index in [2.05, 4.69) is 17.0 Å². The lowest BCUT2D eigenvalue weighted by Gasteiger charge is -2.22. The van der Waals surface area contributed by atoms with Gasteiger partial charge >= 0.3 is 6.18 Å². The lowest BCUT2D eigenvalue weighted by molar-refractivity contribution is -0.174. The van der Waals surface area contributed by atoms with Crippen molar-refractivity contribution < 1.29 is 17.9 Å². The highest BCUT2D eigenvalue weighted by molar-refractivity contribution is 5.30. The zero-order chi connectivity index (χ0) is 14.6. The van der Waals surface area contributed by atoms with Crippen LogP contribution in [0.5, 0.6) is 0 Å². The Hall–Kier alpha value is -1.01. The van der Waals surface area contributed by atoms with Crippen LogP contribution in [-0.4, -0.2) is 30.5 Å². The summed E-state index contributed by atoms with van der Waals surface area (Å²) in [5, 5.41) is 3.45. The summed E-state index contributed by atoms with van der Waals surface area (Å²) in [7, 11) is 0.